The molecule has 6 nitrogen and oxygen atoms in total. The van der Waals surface area contributed by atoms with Gasteiger partial charge in [-0.25, -0.2) is 4.68 Å². The van der Waals surface area contributed by atoms with Crippen molar-refractivity contribution < 1.29 is 17.9 Å². The monoisotopic (exact) mass is 463 g/mol. The number of hydrogen-bond acceptors (Lipinski definition) is 5. The highest BCUT2D eigenvalue weighted by atomic mass is 32.1. The highest BCUT2D eigenvalue weighted by molar-refractivity contribution is 7.71. The van der Waals surface area contributed by atoms with Crippen molar-refractivity contribution in [2.45, 2.75) is 19.4 Å². The molecule has 10 heteroatoms. The van der Waals surface area contributed by atoms with E-state index in [1.54, 1.807) is 4.68 Å². The Labute approximate surface area is 189 Å². The minimum absolute atomic E-state index is 0.400. The first kappa shape index (κ1) is 22.5. The van der Waals surface area contributed by atoms with Gasteiger partial charge in [0, 0.05) is 19.6 Å². The lowest BCUT2D eigenvalue weighted by Gasteiger charge is -2.27. The summed E-state index contributed by atoms with van der Waals surface area (Å²) in [6.07, 6.45) is -4.34. The molecule has 0 N–H and O–H groups in total. The third-order valence-electron chi connectivity index (χ3n) is 5.24. The molecule has 0 atom stereocenters. The van der Waals surface area contributed by atoms with E-state index in [4.69, 9.17) is 22.1 Å². The Balaban J connectivity index is 1.57. The van der Waals surface area contributed by atoms with Gasteiger partial charge < -0.3 is 9.64 Å². The molecule has 0 bridgehead atoms. The van der Waals surface area contributed by atoms with Crippen molar-refractivity contribution in [3.63, 3.8) is 0 Å². The number of aromatic nitrogens is 3. The van der Waals surface area contributed by atoms with Crippen LogP contribution in [0.2, 0.25) is 0 Å². The maximum atomic E-state index is 12.8. The molecular weight excluding hydrogens is 439 g/mol. The fourth-order valence-corrected chi connectivity index (χ4v) is 3.93. The van der Waals surface area contributed by atoms with E-state index in [9.17, 15) is 13.2 Å². The van der Waals surface area contributed by atoms with E-state index in [1.165, 1.54) is 12.1 Å². The SMILES string of the molecule is CN(Cc1ccc(C(F)(F)F)cc1)Cn1nc(N2CCOCC2)n(-c2ccccc2)c1=S. The van der Waals surface area contributed by atoms with Gasteiger partial charge >= 0.3 is 6.18 Å². The second-order valence-electron chi connectivity index (χ2n) is 7.70. The Morgan fingerprint density at radius 3 is 2.31 bits per heavy atom. The fourth-order valence-electron chi connectivity index (χ4n) is 3.65. The molecule has 0 saturated carbocycles. The van der Waals surface area contributed by atoms with E-state index in [0.29, 0.717) is 31.2 Å². The van der Waals surface area contributed by atoms with Crippen LogP contribution in [0.5, 0.6) is 0 Å². The molecular formula is C22H24F3N5OS. The second kappa shape index (κ2) is 9.43. The summed E-state index contributed by atoms with van der Waals surface area (Å²) < 4.78 is 48.1. The molecule has 3 aromatic rings. The molecule has 0 unspecified atom stereocenters. The van der Waals surface area contributed by atoms with Crippen LogP contribution in [-0.4, -0.2) is 52.6 Å². The number of anilines is 1. The van der Waals surface area contributed by atoms with Crippen LogP contribution >= 0.6 is 12.2 Å². The van der Waals surface area contributed by atoms with E-state index in [2.05, 4.69) is 4.90 Å². The van der Waals surface area contributed by atoms with E-state index in [1.807, 2.05) is 46.8 Å². The smallest absolute Gasteiger partial charge is 0.378 e. The van der Waals surface area contributed by atoms with Crippen LogP contribution < -0.4 is 4.90 Å². The average molecular weight is 464 g/mol. The first-order valence-electron chi connectivity index (χ1n) is 10.3. The highest BCUT2D eigenvalue weighted by Gasteiger charge is 2.30. The van der Waals surface area contributed by atoms with Gasteiger partial charge in [-0.3, -0.25) is 9.47 Å². The zero-order valence-corrected chi connectivity index (χ0v) is 18.4. The van der Waals surface area contributed by atoms with Gasteiger partial charge in [0.25, 0.3) is 0 Å². The van der Waals surface area contributed by atoms with Crippen molar-refractivity contribution in [2.24, 2.45) is 0 Å². The van der Waals surface area contributed by atoms with Crippen molar-refractivity contribution in [1.82, 2.24) is 19.2 Å². The van der Waals surface area contributed by atoms with Crippen molar-refractivity contribution in [1.29, 1.82) is 0 Å². The molecule has 1 fully saturated rings. The lowest BCUT2D eigenvalue weighted by atomic mass is 10.1. The van der Waals surface area contributed by atoms with Gasteiger partial charge in [0.1, 0.15) is 0 Å². The molecule has 0 radical (unpaired) electrons. The molecule has 1 aliphatic heterocycles. The molecule has 1 saturated heterocycles. The Kier molecular flexibility index (Phi) is 6.63. The first-order chi connectivity index (χ1) is 15.3. The number of alkyl halides is 3. The van der Waals surface area contributed by atoms with Gasteiger partial charge in [-0.15, -0.1) is 5.10 Å². The van der Waals surface area contributed by atoms with Crippen molar-refractivity contribution >= 4 is 18.2 Å². The van der Waals surface area contributed by atoms with Crippen LogP contribution in [0.3, 0.4) is 0 Å². The summed E-state index contributed by atoms with van der Waals surface area (Å²) >= 11 is 5.76. The summed E-state index contributed by atoms with van der Waals surface area (Å²) in [6, 6.07) is 15.0. The van der Waals surface area contributed by atoms with Crippen LogP contribution in [-0.2, 0) is 24.1 Å². The van der Waals surface area contributed by atoms with E-state index >= 15 is 0 Å². The Bertz CT molecular complexity index is 1090. The number of morpholine rings is 1. The molecule has 1 aromatic heterocycles. The normalized spacial score (nSPS) is 14.8. The summed E-state index contributed by atoms with van der Waals surface area (Å²) in [7, 11) is 1.88. The Hall–Kier alpha value is -2.69. The Morgan fingerprint density at radius 2 is 1.69 bits per heavy atom. The topological polar surface area (TPSA) is 38.5 Å². The van der Waals surface area contributed by atoms with Gasteiger partial charge in [-0.2, -0.15) is 13.2 Å². The van der Waals surface area contributed by atoms with Crippen molar-refractivity contribution in [3.8, 4) is 5.69 Å². The maximum Gasteiger partial charge on any atom is 0.416 e. The van der Waals surface area contributed by atoms with Gasteiger partial charge in [0.2, 0.25) is 10.7 Å². The zero-order chi connectivity index (χ0) is 22.7. The standard InChI is InChI=1S/C22H24F3N5OS/c1-27(15-17-7-9-18(10-8-17)22(23,24)25)16-29-21(32)30(19-5-3-2-4-6-19)20(26-29)28-11-13-31-14-12-28/h2-10H,11-16H2,1H3. The average Bonchev–Trinajstić information content (AvgIpc) is 3.10. The maximum absolute atomic E-state index is 12.8. The lowest BCUT2D eigenvalue weighted by molar-refractivity contribution is -0.137. The van der Waals surface area contributed by atoms with Gasteiger partial charge in [0.05, 0.1) is 31.1 Å². The number of hydrogen-bond donors (Lipinski definition) is 0. The molecule has 32 heavy (non-hydrogen) atoms. The second-order valence-corrected chi connectivity index (χ2v) is 8.07. The summed E-state index contributed by atoms with van der Waals surface area (Å²) in [4.78, 5) is 4.11. The number of para-hydroxylation sites is 1. The summed E-state index contributed by atoms with van der Waals surface area (Å²) in [6.45, 7) is 3.56. The van der Waals surface area contributed by atoms with Gasteiger partial charge in [-0.1, -0.05) is 30.3 Å². The van der Waals surface area contributed by atoms with Crippen LogP contribution in [0.4, 0.5) is 19.1 Å². The molecule has 2 aromatic carbocycles. The first-order valence-corrected chi connectivity index (χ1v) is 10.7. The minimum Gasteiger partial charge on any atom is -0.378 e. The van der Waals surface area contributed by atoms with Gasteiger partial charge in [0.15, 0.2) is 0 Å². The van der Waals surface area contributed by atoms with Crippen LogP contribution in [0, 0.1) is 4.77 Å². The molecule has 0 aliphatic carbocycles. The quantitative estimate of drug-likeness (QED) is 0.509. The third-order valence-corrected chi connectivity index (χ3v) is 5.63. The van der Waals surface area contributed by atoms with Crippen LogP contribution in [0.1, 0.15) is 11.1 Å². The van der Waals surface area contributed by atoms with Crippen molar-refractivity contribution in [3.05, 3.63) is 70.5 Å². The predicted octanol–water partition coefficient (Wildman–Crippen LogP) is 4.35. The largest absolute Gasteiger partial charge is 0.416 e. The molecule has 4 rings (SSSR count). The van der Waals surface area contributed by atoms with Crippen LogP contribution in [0.25, 0.3) is 5.69 Å². The third kappa shape index (κ3) is 5.03. The molecule has 0 amide bonds. The number of ether oxygens (including phenoxy) is 1. The number of halogens is 3. The number of benzene rings is 2. The summed E-state index contributed by atoms with van der Waals surface area (Å²) in [5.74, 6) is 0.757. The Morgan fingerprint density at radius 1 is 1.03 bits per heavy atom. The highest BCUT2D eigenvalue weighted by Crippen LogP contribution is 2.29. The fraction of sp³-hybridized carbons (Fsp3) is 0.364. The van der Waals surface area contributed by atoms with E-state index in [-0.39, 0.29) is 0 Å². The van der Waals surface area contributed by atoms with E-state index in [0.717, 1.165) is 42.4 Å². The lowest BCUT2D eigenvalue weighted by Crippen LogP contribution is -2.38. The number of nitrogens with zero attached hydrogens (tertiary/aromatic N) is 5. The number of rotatable bonds is 6. The molecule has 1 aliphatic rings. The molecule has 2 heterocycles. The predicted molar refractivity (Wildman–Crippen MR) is 118 cm³/mol. The zero-order valence-electron chi connectivity index (χ0n) is 17.6. The van der Waals surface area contributed by atoms with E-state index < -0.39 is 11.7 Å². The summed E-state index contributed by atoms with van der Waals surface area (Å²) in [5.41, 5.74) is 1.06. The van der Waals surface area contributed by atoms with Gasteiger partial charge in [-0.05, 0) is 49.1 Å². The molecule has 0 spiro atoms. The van der Waals surface area contributed by atoms with Crippen molar-refractivity contribution in [2.75, 3.05) is 38.3 Å². The van der Waals surface area contributed by atoms with Crippen LogP contribution in [0.15, 0.2) is 54.6 Å². The minimum atomic E-state index is -4.34. The molecule has 170 valence electrons. The summed E-state index contributed by atoms with van der Waals surface area (Å²) in [5, 5.41) is 4.79.